The number of rotatable bonds is 4. The van der Waals surface area contributed by atoms with Crippen molar-refractivity contribution in [3.05, 3.63) is 0 Å². The number of carbonyl (C=O) groups is 1. The van der Waals surface area contributed by atoms with Gasteiger partial charge in [-0.05, 0) is 0 Å². The Morgan fingerprint density at radius 2 is 2.00 bits per heavy atom. The minimum Gasteiger partial charge on any atom is -1.00 e. The number of quaternary nitrogens is 1. The highest BCUT2D eigenvalue weighted by molar-refractivity contribution is 5.50. The predicted octanol–water partition coefficient (Wildman–Crippen LogP) is -3.74. The Morgan fingerprint density at radius 3 is 2.30 bits per heavy atom. The number of likely N-dealkylation sites (N-methyl/N-ethyl adjacent to an activating group) is 1. The molecule has 4 heteroatoms. The number of hydrogen-bond donors (Lipinski definition) is 1. The average molecular weight is 212 g/mol. The van der Waals surface area contributed by atoms with Gasteiger partial charge in [-0.1, -0.05) is 0 Å². The van der Waals surface area contributed by atoms with Gasteiger partial charge in [0.2, 0.25) is 0 Å². The molecule has 0 aliphatic heterocycles. The van der Waals surface area contributed by atoms with Crippen molar-refractivity contribution in [2.45, 2.75) is 0 Å². The van der Waals surface area contributed by atoms with Crippen molar-refractivity contribution in [3.8, 4) is 0 Å². The smallest absolute Gasteiger partial charge is 0.174 e. The van der Waals surface area contributed by atoms with Crippen LogP contribution in [0, 0.1) is 0 Å². The molecule has 0 radical (unpaired) electrons. The van der Waals surface area contributed by atoms with Gasteiger partial charge < -0.3 is 26.6 Å². The summed E-state index contributed by atoms with van der Waals surface area (Å²) in [5.41, 5.74) is 0. The van der Waals surface area contributed by atoms with Crippen molar-refractivity contribution in [1.29, 1.82) is 0 Å². The summed E-state index contributed by atoms with van der Waals surface area (Å²) in [6, 6.07) is 0. The van der Waals surface area contributed by atoms with Crippen molar-refractivity contribution in [3.63, 3.8) is 0 Å². The summed E-state index contributed by atoms with van der Waals surface area (Å²) < 4.78 is 0.569. The van der Waals surface area contributed by atoms with Crippen molar-refractivity contribution in [2.24, 2.45) is 0 Å². The fourth-order valence-corrected chi connectivity index (χ4v) is 0.564. The van der Waals surface area contributed by atoms with Crippen LogP contribution in [0.3, 0.4) is 0 Å². The third-order valence-corrected chi connectivity index (χ3v) is 1.27. The molecule has 0 bridgehead atoms. The van der Waals surface area contributed by atoms with Gasteiger partial charge in [-0.2, -0.15) is 0 Å². The molecule has 0 saturated carbocycles. The Bertz CT molecular complexity index is 95.7. The molecular formula is C6H14BrNO2. The number of hydrogen-bond acceptors (Lipinski definition) is 2. The van der Waals surface area contributed by atoms with E-state index in [0.29, 0.717) is 17.6 Å². The molecule has 0 aromatic heterocycles. The first-order valence-electron chi connectivity index (χ1n) is 2.99. The SMILES string of the molecule is C[N+](C)(CC=O)CCO.[Br-]. The van der Waals surface area contributed by atoms with Crippen LogP contribution in [-0.4, -0.2) is 49.7 Å². The van der Waals surface area contributed by atoms with Crippen molar-refractivity contribution in [1.82, 2.24) is 0 Å². The first-order chi connectivity index (χ1) is 4.12. The Labute approximate surface area is 72.0 Å². The second-order valence-corrected chi connectivity index (χ2v) is 2.73. The second kappa shape index (κ2) is 5.82. The van der Waals surface area contributed by atoms with Crippen LogP contribution in [0.5, 0.6) is 0 Å². The molecule has 10 heavy (non-hydrogen) atoms. The van der Waals surface area contributed by atoms with E-state index in [1.165, 1.54) is 0 Å². The summed E-state index contributed by atoms with van der Waals surface area (Å²) in [7, 11) is 3.81. The summed E-state index contributed by atoms with van der Waals surface area (Å²) in [5, 5.41) is 8.50. The van der Waals surface area contributed by atoms with Crippen LogP contribution < -0.4 is 17.0 Å². The van der Waals surface area contributed by atoms with E-state index in [1.54, 1.807) is 0 Å². The van der Waals surface area contributed by atoms with Crippen LogP contribution in [-0.2, 0) is 4.79 Å². The van der Waals surface area contributed by atoms with Gasteiger partial charge in [0.15, 0.2) is 6.29 Å². The molecule has 0 aromatic rings. The van der Waals surface area contributed by atoms with Crippen LogP contribution in [0.1, 0.15) is 0 Å². The number of aliphatic hydroxyl groups excluding tert-OH is 1. The third kappa shape index (κ3) is 6.19. The van der Waals surface area contributed by atoms with Crippen LogP contribution >= 0.6 is 0 Å². The lowest BCUT2D eigenvalue weighted by molar-refractivity contribution is -0.881. The third-order valence-electron chi connectivity index (χ3n) is 1.27. The predicted molar refractivity (Wildman–Crippen MR) is 35.0 cm³/mol. The zero-order chi connectivity index (χ0) is 7.33. The van der Waals surface area contributed by atoms with Crippen LogP contribution in [0.15, 0.2) is 0 Å². The quantitative estimate of drug-likeness (QED) is 0.384. The first kappa shape index (κ1) is 12.7. The monoisotopic (exact) mass is 211 g/mol. The van der Waals surface area contributed by atoms with E-state index in [1.807, 2.05) is 14.1 Å². The lowest BCUT2D eigenvalue weighted by Gasteiger charge is -2.25. The van der Waals surface area contributed by atoms with Crippen molar-refractivity contribution in [2.75, 3.05) is 33.8 Å². The molecular weight excluding hydrogens is 198 g/mol. The van der Waals surface area contributed by atoms with E-state index in [0.717, 1.165) is 6.29 Å². The summed E-state index contributed by atoms with van der Waals surface area (Å²) >= 11 is 0. The molecule has 0 aromatic carbocycles. The Kier molecular flexibility index (Phi) is 7.41. The molecule has 0 atom stereocenters. The number of aliphatic hydroxyl groups is 1. The van der Waals surface area contributed by atoms with Crippen LogP contribution in [0.2, 0.25) is 0 Å². The number of halogens is 1. The van der Waals surface area contributed by atoms with E-state index in [9.17, 15) is 4.79 Å². The van der Waals surface area contributed by atoms with E-state index < -0.39 is 0 Å². The lowest BCUT2D eigenvalue weighted by Crippen LogP contribution is -3.00. The maximum Gasteiger partial charge on any atom is 0.174 e. The van der Waals surface area contributed by atoms with Gasteiger partial charge in [-0.3, -0.25) is 4.79 Å². The summed E-state index contributed by atoms with van der Waals surface area (Å²) in [6.45, 7) is 1.25. The minimum atomic E-state index is 0. The van der Waals surface area contributed by atoms with Gasteiger partial charge in [0.05, 0.1) is 20.7 Å². The molecule has 0 fully saturated rings. The molecule has 0 unspecified atom stereocenters. The van der Waals surface area contributed by atoms with Gasteiger partial charge in [0.25, 0.3) is 0 Å². The normalized spacial score (nSPS) is 10.3. The van der Waals surface area contributed by atoms with E-state index >= 15 is 0 Å². The number of nitrogens with zero attached hydrogens (tertiary/aromatic N) is 1. The number of aldehydes is 1. The maximum absolute atomic E-state index is 10.00. The van der Waals surface area contributed by atoms with Crippen LogP contribution in [0.4, 0.5) is 0 Å². The average Bonchev–Trinajstić information content (AvgIpc) is 1.64. The molecule has 1 N–H and O–H groups in total. The van der Waals surface area contributed by atoms with Gasteiger partial charge in [0, 0.05) is 0 Å². The fourth-order valence-electron chi connectivity index (χ4n) is 0.564. The summed E-state index contributed by atoms with van der Waals surface area (Å²) in [6.07, 6.45) is 0.871. The summed E-state index contributed by atoms with van der Waals surface area (Å²) in [5.74, 6) is 0. The molecule has 0 amide bonds. The number of carbonyl (C=O) groups excluding carboxylic acids is 1. The highest BCUT2D eigenvalue weighted by Gasteiger charge is 2.11. The van der Waals surface area contributed by atoms with Crippen LogP contribution in [0.25, 0.3) is 0 Å². The van der Waals surface area contributed by atoms with Crippen molar-refractivity contribution < 1.29 is 31.4 Å². The van der Waals surface area contributed by atoms with Gasteiger partial charge in [-0.15, -0.1) is 0 Å². The maximum atomic E-state index is 10.00. The Balaban J connectivity index is 0. The Morgan fingerprint density at radius 1 is 1.50 bits per heavy atom. The molecule has 0 aliphatic carbocycles. The molecule has 0 spiro atoms. The fraction of sp³-hybridized carbons (Fsp3) is 0.833. The highest BCUT2D eigenvalue weighted by atomic mass is 79.9. The molecule has 0 aliphatic rings. The van der Waals surface area contributed by atoms with E-state index in [4.69, 9.17) is 5.11 Å². The molecule has 62 valence electrons. The second-order valence-electron chi connectivity index (χ2n) is 2.73. The van der Waals surface area contributed by atoms with E-state index in [2.05, 4.69) is 0 Å². The Hall–Kier alpha value is 0.0700. The largest absolute Gasteiger partial charge is 1.00 e. The topological polar surface area (TPSA) is 37.3 Å². The van der Waals surface area contributed by atoms with E-state index in [-0.39, 0.29) is 23.6 Å². The van der Waals surface area contributed by atoms with Gasteiger partial charge in [-0.25, -0.2) is 0 Å². The highest BCUT2D eigenvalue weighted by Crippen LogP contribution is 1.91. The standard InChI is InChI=1S/C6H14NO2.BrH/c1-7(2,3-5-8)4-6-9;/h5,9H,3-4,6H2,1-2H3;1H/q+1;/p-1. The first-order valence-corrected chi connectivity index (χ1v) is 2.99. The zero-order valence-electron chi connectivity index (χ0n) is 6.38. The summed E-state index contributed by atoms with van der Waals surface area (Å²) in [4.78, 5) is 10.00. The van der Waals surface area contributed by atoms with Gasteiger partial charge in [0.1, 0.15) is 13.1 Å². The molecule has 0 saturated heterocycles. The zero-order valence-corrected chi connectivity index (χ0v) is 7.97. The lowest BCUT2D eigenvalue weighted by atomic mass is 10.4. The molecule has 3 nitrogen and oxygen atoms in total. The van der Waals surface area contributed by atoms with Crippen molar-refractivity contribution >= 4 is 6.29 Å². The minimum absolute atomic E-state index is 0. The molecule has 0 heterocycles. The molecule has 0 rings (SSSR count). The van der Waals surface area contributed by atoms with Gasteiger partial charge >= 0.3 is 0 Å².